The molecule has 1 heterocycles. The highest BCUT2D eigenvalue weighted by Crippen LogP contribution is 2.28. The fourth-order valence-electron chi connectivity index (χ4n) is 2.31. The Balaban J connectivity index is 1.70. The van der Waals surface area contributed by atoms with Crippen molar-refractivity contribution in [2.45, 2.75) is 55.5 Å². The molecule has 0 saturated heterocycles. The van der Waals surface area contributed by atoms with Crippen LogP contribution in [0.5, 0.6) is 0 Å². The van der Waals surface area contributed by atoms with E-state index in [-0.39, 0.29) is 11.2 Å². The van der Waals surface area contributed by atoms with E-state index in [1.807, 2.05) is 13.8 Å². The van der Waals surface area contributed by atoms with E-state index in [0.29, 0.717) is 0 Å². The second kappa shape index (κ2) is 9.15. The number of allylic oxidation sites excluding steroid dienone is 1. The minimum Gasteiger partial charge on any atom is -0.360 e. The van der Waals surface area contributed by atoms with E-state index >= 15 is 0 Å². The highest BCUT2D eigenvalue weighted by molar-refractivity contribution is 8.02. The molecule has 1 aliphatic rings. The molecular weight excluding hydrogens is 316 g/mol. The fourth-order valence-corrected chi connectivity index (χ4v) is 4.29. The summed E-state index contributed by atoms with van der Waals surface area (Å²) in [5.41, 5.74) is 1.49. The summed E-state index contributed by atoms with van der Waals surface area (Å²) in [5.74, 6) is 0.0709. The molecule has 1 atom stereocenters. The molecular formula is C15H24N4OS2. The average Bonchev–Trinajstić information content (AvgIpc) is 2.96. The van der Waals surface area contributed by atoms with Crippen molar-refractivity contribution in [3.8, 4) is 0 Å². The van der Waals surface area contributed by atoms with E-state index in [9.17, 15) is 4.79 Å². The van der Waals surface area contributed by atoms with Crippen molar-refractivity contribution in [3.63, 3.8) is 0 Å². The summed E-state index contributed by atoms with van der Waals surface area (Å²) in [5, 5.41) is 14.9. The molecule has 0 aromatic carbocycles. The van der Waals surface area contributed by atoms with E-state index in [4.69, 9.17) is 0 Å². The van der Waals surface area contributed by atoms with Gasteiger partial charge in [0.2, 0.25) is 11.0 Å². The number of hydrogen-bond donors (Lipinski definition) is 2. The first kappa shape index (κ1) is 17.3. The first-order valence-corrected chi connectivity index (χ1v) is 9.58. The van der Waals surface area contributed by atoms with Crippen molar-refractivity contribution in [2.24, 2.45) is 0 Å². The summed E-state index contributed by atoms with van der Waals surface area (Å²) in [6, 6.07) is 0. The number of nitrogens with zero attached hydrogens (tertiary/aromatic N) is 2. The molecule has 1 amide bonds. The van der Waals surface area contributed by atoms with Gasteiger partial charge in [-0.05, 0) is 46.0 Å². The minimum atomic E-state index is -0.150. The van der Waals surface area contributed by atoms with Gasteiger partial charge in [-0.15, -0.1) is 10.2 Å². The maximum atomic E-state index is 12.1. The maximum absolute atomic E-state index is 12.1. The van der Waals surface area contributed by atoms with Crippen LogP contribution in [0.15, 0.2) is 16.0 Å². The van der Waals surface area contributed by atoms with Crippen molar-refractivity contribution in [3.05, 3.63) is 11.6 Å². The van der Waals surface area contributed by atoms with Crippen molar-refractivity contribution in [1.82, 2.24) is 15.5 Å². The zero-order chi connectivity index (χ0) is 15.8. The fraction of sp³-hybridized carbons (Fsp3) is 0.667. The summed E-state index contributed by atoms with van der Waals surface area (Å²) in [6.07, 6.45) is 8.29. The quantitative estimate of drug-likeness (QED) is 0.560. The van der Waals surface area contributed by atoms with Crippen LogP contribution in [-0.2, 0) is 4.79 Å². The predicted molar refractivity (Wildman–Crippen MR) is 93.6 cm³/mol. The van der Waals surface area contributed by atoms with Gasteiger partial charge in [-0.1, -0.05) is 34.7 Å². The van der Waals surface area contributed by atoms with Gasteiger partial charge in [-0.25, -0.2) is 0 Å². The molecule has 0 saturated carbocycles. The van der Waals surface area contributed by atoms with Crippen molar-refractivity contribution >= 4 is 34.1 Å². The lowest BCUT2D eigenvalue weighted by molar-refractivity contribution is -0.120. The van der Waals surface area contributed by atoms with E-state index in [0.717, 1.165) is 29.0 Å². The monoisotopic (exact) mass is 340 g/mol. The standard InChI is InChI=1S/C15H24N4OS2/c1-3-16-14-18-19-15(22-14)21-11(2)13(20)17-10-9-12-7-5-4-6-8-12/h7,11H,3-6,8-10H2,1-2H3,(H,16,18)(H,17,20)/t11-/m1/s1. The number of hydrogen-bond acceptors (Lipinski definition) is 6. The van der Waals surface area contributed by atoms with Crippen LogP contribution in [0.4, 0.5) is 5.13 Å². The third-order valence-electron chi connectivity index (χ3n) is 3.51. The van der Waals surface area contributed by atoms with Gasteiger partial charge in [0.05, 0.1) is 5.25 Å². The number of aromatic nitrogens is 2. The van der Waals surface area contributed by atoms with Crippen LogP contribution < -0.4 is 10.6 Å². The number of thioether (sulfide) groups is 1. The second-order valence-corrected chi connectivity index (χ2v) is 7.88. The Hall–Kier alpha value is -1.08. The van der Waals surface area contributed by atoms with E-state index in [2.05, 4.69) is 26.9 Å². The van der Waals surface area contributed by atoms with Crippen LogP contribution in [0.3, 0.4) is 0 Å². The number of rotatable bonds is 8. The molecule has 0 bridgehead atoms. The first-order valence-electron chi connectivity index (χ1n) is 7.88. The van der Waals surface area contributed by atoms with Gasteiger partial charge in [0.25, 0.3) is 0 Å². The number of nitrogens with one attached hydrogen (secondary N) is 2. The molecule has 122 valence electrons. The van der Waals surface area contributed by atoms with Crippen LogP contribution in [0.2, 0.25) is 0 Å². The lowest BCUT2D eigenvalue weighted by atomic mass is 9.97. The van der Waals surface area contributed by atoms with Crippen LogP contribution in [0.25, 0.3) is 0 Å². The summed E-state index contributed by atoms with van der Waals surface area (Å²) in [6.45, 7) is 5.49. The predicted octanol–water partition coefficient (Wildman–Crippen LogP) is 3.46. The lowest BCUT2D eigenvalue weighted by Crippen LogP contribution is -2.31. The molecule has 2 rings (SSSR count). The van der Waals surface area contributed by atoms with Gasteiger partial charge in [0.1, 0.15) is 0 Å². The van der Waals surface area contributed by atoms with Gasteiger partial charge in [-0.3, -0.25) is 4.79 Å². The first-order chi connectivity index (χ1) is 10.7. The Kier molecular flexibility index (Phi) is 7.18. The zero-order valence-corrected chi connectivity index (χ0v) is 14.9. The maximum Gasteiger partial charge on any atom is 0.233 e. The molecule has 22 heavy (non-hydrogen) atoms. The topological polar surface area (TPSA) is 66.9 Å². The molecule has 0 unspecified atom stereocenters. The molecule has 0 spiro atoms. The van der Waals surface area contributed by atoms with Gasteiger partial charge in [-0.2, -0.15) is 0 Å². The van der Waals surface area contributed by atoms with Crippen molar-refractivity contribution < 1.29 is 4.79 Å². The average molecular weight is 341 g/mol. The smallest absolute Gasteiger partial charge is 0.233 e. The third-order valence-corrected chi connectivity index (χ3v) is 5.58. The molecule has 0 radical (unpaired) electrons. The summed E-state index contributed by atoms with van der Waals surface area (Å²) in [7, 11) is 0. The van der Waals surface area contributed by atoms with Gasteiger partial charge in [0.15, 0.2) is 4.34 Å². The normalized spacial score (nSPS) is 16.0. The lowest BCUT2D eigenvalue weighted by Gasteiger charge is -2.14. The van der Waals surface area contributed by atoms with Crippen LogP contribution in [-0.4, -0.2) is 34.4 Å². The molecule has 1 aromatic heterocycles. The summed E-state index contributed by atoms with van der Waals surface area (Å²) >= 11 is 2.95. The third kappa shape index (κ3) is 5.61. The molecule has 1 aromatic rings. The number of amides is 1. The highest BCUT2D eigenvalue weighted by Gasteiger charge is 2.17. The molecule has 7 heteroatoms. The van der Waals surface area contributed by atoms with Crippen LogP contribution >= 0.6 is 23.1 Å². The Bertz CT molecular complexity index is 515. The Labute approximate surface area is 140 Å². The van der Waals surface area contributed by atoms with E-state index in [1.165, 1.54) is 54.4 Å². The van der Waals surface area contributed by atoms with Crippen LogP contribution in [0, 0.1) is 0 Å². The minimum absolute atomic E-state index is 0.0709. The zero-order valence-electron chi connectivity index (χ0n) is 13.2. The Morgan fingerprint density at radius 3 is 3.05 bits per heavy atom. The van der Waals surface area contributed by atoms with Gasteiger partial charge < -0.3 is 10.6 Å². The van der Waals surface area contributed by atoms with Gasteiger partial charge >= 0.3 is 0 Å². The molecule has 2 N–H and O–H groups in total. The SMILES string of the molecule is CCNc1nnc(S[C@H](C)C(=O)NCCC2=CCCCC2)s1. The highest BCUT2D eigenvalue weighted by atomic mass is 32.2. The number of carbonyl (C=O) groups excluding carboxylic acids is 1. The Morgan fingerprint density at radius 1 is 1.45 bits per heavy atom. The van der Waals surface area contributed by atoms with E-state index in [1.54, 1.807) is 0 Å². The number of carbonyl (C=O) groups is 1. The van der Waals surface area contributed by atoms with E-state index < -0.39 is 0 Å². The van der Waals surface area contributed by atoms with Gasteiger partial charge in [0, 0.05) is 13.1 Å². The summed E-state index contributed by atoms with van der Waals surface area (Å²) in [4.78, 5) is 12.1. The largest absolute Gasteiger partial charge is 0.360 e. The van der Waals surface area contributed by atoms with Crippen molar-refractivity contribution in [1.29, 1.82) is 0 Å². The Morgan fingerprint density at radius 2 is 2.32 bits per heavy atom. The summed E-state index contributed by atoms with van der Waals surface area (Å²) < 4.78 is 0.827. The second-order valence-electron chi connectivity index (χ2n) is 5.31. The number of anilines is 1. The van der Waals surface area contributed by atoms with Crippen molar-refractivity contribution in [2.75, 3.05) is 18.4 Å². The molecule has 1 aliphatic carbocycles. The van der Waals surface area contributed by atoms with Crippen LogP contribution in [0.1, 0.15) is 46.0 Å². The molecule has 5 nitrogen and oxygen atoms in total. The molecule has 0 aliphatic heterocycles. The molecule has 0 fully saturated rings.